The number of hydrogen-bond donors (Lipinski definition) is 2. The molecule has 0 fully saturated rings. The molecule has 17 heavy (non-hydrogen) atoms. The molecule has 0 aliphatic carbocycles. The Bertz CT molecular complexity index is 214. The molecule has 1 amide bonds. The van der Waals surface area contributed by atoms with Crippen molar-refractivity contribution >= 4 is 5.91 Å². The van der Waals surface area contributed by atoms with E-state index in [4.69, 9.17) is 5.11 Å². The second kappa shape index (κ2) is 9.30. The summed E-state index contributed by atoms with van der Waals surface area (Å²) in [4.78, 5) is 12.7. The third-order valence-electron chi connectivity index (χ3n) is 2.22. The lowest BCUT2D eigenvalue weighted by atomic mass is 10.1. The van der Waals surface area contributed by atoms with E-state index >= 15 is 0 Å². The van der Waals surface area contributed by atoms with Crippen LogP contribution in [0.5, 0.6) is 0 Å². The van der Waals surface area contributed by atoms with Crippen LogP contribution in [-0.2, 0) is 4.79 Å². The quantitative estimate of drug-likeness (QED) is 0.635. The largest absolute Gasteiger partial charge is 0.395 e. The maximum Gasteiger partial charge on any atom is 0.251 e. The number of rotatable bonds is 9. The number of aliphatic hydroxyl groups excluding tert-OH is 1. The molecule has 0 bridgehead atoms. The predicted octanol–water partition coefficient (Wildman–Crippen LogP) is 0.708. The summed E-state index contributed by atoms with van der Waals surface area (Å²) >= 11 is 0. The van der Waals surface area contributed by atoms with Gasteiger partial charge in [-0.15, -0.1) is 0 Å². The number of carbonyl (C=O) groups excluding carboxylic acids is 1. The van der Waals surface area contributed by atoms with Gasteiger partial charge in [-0.25, -0.2) is 8.78 Å². The van der Waals surface area contributed by atoms with Crippen molar-refractivity contribution in [3.63, 3.8) is 0 Å². The van der Waals surface area contributed by atoms with E-state index in [9.17, 15) is 13.6 Å². The van der Waals surface area contributed by atoms with Crippen LogP contribution in [-0.4, -0.2) is 55.1 Å². The highest BCUT2D eigenvalue weighted by atomic mass is 19.3. The van der Waals surface area contributed by atoms with E-state index in [1.54, 1.807) is 0 Å². The number of nitrogens with zero attached hydrogens (tertiary/aromatic N) is 1. The summed E-state index contributed by atoms with van der Waals surface area (Å²) in [5.74, 6) is 0.213. The van der Waals surface area contributed by atoms with E-state index in [-0.39, 0.29) is 25.6 Å². The molecule has 0 saturated carbocycles. The molecule has 102 valence electrons. The lowest BCUT2D eigenvalue weighted by Crippen LogP contribution is -2.41. The fourth-order valence-electron chi connectivity index (χ4n) is 1.33. The first-order valence-corrected chi connectivity index (χ1v) is 5.83. The van der Waals surface area contributed by atoms with Crippen molar-refractivity contribution in [2.75, 3.05) is 32.8 Å². The van der Waals surface area contributed by atoms with Gasteiger partial charge >= 0.3 is 0 Å². The molecular formula is C11H22F2N2O2. The Morgan fingerprint density at radius 1 is 1.41 bits per heavy atom. The summed E-state index contributed by atoms with van der Waals surface area (Å²) in [5.41, 5.74) is 0. The molecule has 0 spiro atoms. The van der Waals surface area contributed by atoms with Gasteiger partial charge in [0.1, 0.15) is 0 Å². The van der Waals surface area contributed by atoms with Gasteiger partial charge in [0.15, 0.2) is 0 Å². The maximum absolute atomic E-state index is 12.2. The van der Waals surface area contributed by atoms with Gasteiger partial charge in [0.05, 0.1) is 19.7 Å². The van der Waals surface area contributed by atoms with Gasteiger partial charge in [-0.1, -0.05) is 13.8 Å². The zero-order chi connectivity index (χ0) is 13.3. The molecule has 0 heterocycles. The minimum Gasteiger partial charge on any atom is -0.395 e. The number of nitrogens with one attached hydrogen (secondary N) is 1. The number of carbonyl (C=O) groups is 1. The molecule has 0 aliphatic heterocycles. The first kappa shape index (κ1) is 16.2. The first-order valence-electron chi connectivity index (χ1n) is 5.83. The second-order valence-electron chi connectivity index (χ2n) is 4.38. The number of hydrogen-bond acceptors (Lipinski definition) is 3. The average Bonchev–Trinajstić information content (AvgIpc) is 2.15. The Hall–Kier alpha value is -0.750. The molecule has 0 saturated heterocycles. The predicted molar refractivity (Wildman–Crippen MR) is 62.0 cm³/mol. The lowest BCUT2D eigenvalue weighted by Gasteiger charge is -2.20. The van der Waals surface area contributed by atoms with Crippen molar-refractivity contribution in [2.24, 2.45) is 5.92 Å². The Morgan fingerprint density at radius 2 is 2.06 bits per heavy atom. The number of halogens is 2. The SMILES string of the molecule is CC(C)CCNC(=O)CN(CCO)CC(F)F. The van der Waals surface area contributed by atoms with Crippen molar-refractivity contribution in [3.05, 3.63) is 0 Å². The topological polar surface area (TPSA) is 52.6 Å². The van der Waals surface area contributed by atoms with Crippen molar-refractivity contribution in [2.45, 2.75) is 26.7 Å². The zero-order valence-corrected chi connectivity index (χ0v) is 10.5. The highest BCUT2D eigenvalue weighted by molar-refractivity contribution is 5.77. The van der Waals surface area contributed by atoms with Gasteiger partial charge in [-0.2, -0.15) is 0 Å². The fourth-order valence-corrected chi connectivity index (χ4v) is 1.33. The Balaban J connectivity index is 3.86. The normalized spacial score (nSPS) is 11.5. The minimum atomic E-state index is -2.50. The van der Waals surface area contributed by atoms with Crippen LogP contribution in [0, 0.1) is 5.92 Å². The monoisotopic (exact) mass is 252 g/mol. The maximum atomic E-state index is 12.2. The third kappa shape index (κ3) is 10.1. The smallest absolute Gasteiger partial charge is 0.251 e. The molecule has 6 heteroatoms. The highest BCUT2D eigenvalue weighted by Gasteiger charge is 2.14. The summed E-state index contributed by atoms with van der Waals surface area (Å²) in [6.45, 7) is 3.91. The van der Waals surface area contributed by atoms with Crippen LogP contribution in [0.15, 0.2) is 0 Å². The van der Waals surface area contributed by atoms with Crippen LogP contribution in [0.2, 0.25) is 0 Å². The van der Waals surface area contributed by atoms with Gasteiger partial charge in [0.2, 0.25) is 5.91 Å². The molecule has 0 unspecified atom stereocenters. The molecule has 0 atom stereocenters. The second-order valence-corrected chi connectivity index (χ2v) is 4.38. The van der Waals surface area contributed by atoms with Gasteiger partial charge < -0.3 is 10.4 Å². The van der Waals surface area contributed by atoms with E-state index in [1.165, 1.54) is 4.90 Å². The molecule has 4 nitrogen and oxygen atoms in total. The Morgan fingerprint density at radius 3 is 2.53 bits per heavy atom. The standard InChI is InChI=1S/C11H22F2N2O2/c1-9(2)3-4-14-11(17)8-15(5-6-16)7-10(12)13/h9-10,16H,3-8H2,1-2H3,(H,14,17). The molecule has 0 rings (SSSR count). The summed E-state index contributed by atoms with van der Waals surface area (Å²) in [5, 5.41) is 11.4. The summed E-state index contributed by atoms with van der Waals surface area (Å²) in [7, 11) is 0. The van der Waals surface area contributed by atoms with Crippen LogP contribution in [0.4, 0.5) is 8.78 Å². The van der Waals surface area contributed by atoms with E-state index in [1.807, 2.05) is 13.8 Å². The zero-order valence-electron chi connectivity index (χ0n) is 10.5. The minimum absolute atomic E-state index is 0.0853. The van der Waals surface area contributed by atoms with Crippen LogP contribution in [0.1, 0.15) is 20.3 Å². The van der Waals surface area contributed by atoms with Gasteiger partial charge in [-0.3, -0.25) is 9.69 Å². The van der Waals surface area contributed by atoms with Crippen LogP contribution < -0.4 is 5.32 Å². The van der Waals surface area contributed by atoms with E-state index in [0.717, 1.165) is 6.42 Å². The molecule has 2 N–H and O–H groups in total. The van der Waals surface area contributed by atoms with E-state index in [0.29, 0.717) is 12.5 Å². The van der Waals surface area contributed by atoms with Crippen LogP contribution >= 0.6 is 0 Å². The highest BCUT2D eigenvalue weighted by Crippen LogP contribution is 1.99. The molecular weight excluding hydrogens is 230 g/mol. The molecule has 0 aromatic rings. The molecule has 0 aromatic heterocycles. The third-order valence-corrected chi connectivity index (χ3v) is 2.22. The van der Waals surface area contributed by atoms with Crippen molar-refractivity contribution < 1.29 is 18.7 Å². The average molecular weight is 252 g/mol. The van der Waals surface area contributed by atoms with Gasteiger partial charge in [0.25, 0.3) is 6.43 Å². The van der Waals surface area contributed by atoms with Crippen LogP contribution in [0.25, 0.3) is 0 Å². The van der Waals surface area contributed by atoms with E-state index in [2.05, 4.69) is 5.32 Å². The summed E-state index contributed by atoms with van der Waals surface area (Å²) in [6, 6.07) is 0. The van der Waals surface area contributed by atoms with Crippen LogP contribution in [0.3, 0.4) is 0 Å². The van der Waals surface area contributed by atoms with Crippen molar-refractivity contribution in [1.82, 2.24) is 10.2 Å². The van der Waals surface area contributed by atoms with E-state index < -0.39 is 13.0 Å². The van der Waals surface area contributed by atoms with Gasteiger partial charge in [0, 0.05) is 13.1 Å². The van der Waals surface area contributed by atoms with Crippen molar-refractivity contribution in [3.8, 4) is 0 Å². The summed E-state index contributed by atoms with van der Waals surface area (Å²) < 4.78 is 24.3. The Kier molecular flexibility index (Phi) is 8.89. The summed E-state index contributed by atoms with van der Waals surface area (Å²) in [6.07, 6.45) is -1.63. The number of aliphatic hydroxyl groups is 1. The number of alkyl halides is 2. The first-order chi connectivity index (χ1) is 7.95. The van der Waals surface area contributed by atoms with Gasteiger partial charge in [-0.05, 0) is 12.3 Å². The molecule has 0 aromatic carbocycles. The number of amides is 1. The van der Waals surface area contributed by atoms with Crippen molar-refractivity contribution in [1.29, 1.82) is 0 Å². The molecule has 0 aliphatic rings. The Labute approximate surface area is 101 Å². The molecule has 0 radical (unpaired) electrons. The lowest BCUT2D eigenvalue weighted by molar-refractivity contribution is -0.122. The fraction of sp³-hybridized carbons (Fsp3) is 0.909.